The van der Waals surface area contributed by atoms with Crippen LogP contribution in [0.2, 0.25) is 0 Å². The number of nitriles is 1. The SMILES string of the molecule is CSc1cc(C(=O)NCC#N)ccn1. The fourth-order valence-corrected chi connectivity index (χ4v) is 1.30. The number of carbonyl (C=O) groups is 1. The van der Waals surface area contributed by atoms with Crippen LogP contribution >= 0.6 is 11.8 Å². The molecule has 0 aliphatic rings. The lowest BCUT2D eigenvalue weighted by atomic mass is 10.2. The second-order valence-corrected chi connectivity index (χ2v) is 3.25. The molecule has 1 rings (SSSR count). The van der Waals surface area contributed by atoms with Crippen molar-refractivity contribution < 1.29 is 4.79 Å². The molecular formula is C9H9N3OS. The Bertz CT molecular complexity index is 373. The van der Waals surface area contributed by atoms with Gasteiger partial charge in [-0.05, 0) is 18.4 Å². The molecule has 1 aromatic heterocycles. The van der Waals surface area contributed by atoms with Gasteiger partial charge in [0.1, 0.15) is 6.54 Å². The van der Waals surface area contributed by atoms with E-state index in [0.717, 1.165) is 5.03 Å². The van der Waals surface area contributed by atoms with Gasteiger partial charge in [-0.3, -0.25) is 4.79 Å². The van der Waals surface area contributed by atoms with Crippen molar-refractivity contribution in [2.24, 2.45) is 0 Å². The number of thioether (sulfide) groups is 1. The number of aromatic nitrogens is 1. The highest BCUT2D eigenvalue weighted by Gasteiger charge is 2.04. The maximum atomic E-state index is 11.4. The highest BCUT2D eigenvalue weighted by molar-refractivity contribution is 7.98. The molecule has 1 heterocycles. The number of amides is 1. The maximum Gasteiger partial charge on any atom is 0.252 e. The van der Waals surface area contributed by atoms with Crippen LogP contribution in [0.25, 0.3) is 0 Å². The van der Waals surface area contributed by atoms with E-state index in [9.17, 15) is 4.79 Å². The highest BCUT2D eigenvalue weighted by atomic mass is 32.2. The van der Waals surface area contributed by atoms with E-state index in [1.54, 1.807) is 18.3 Å². The second kappa shape index (κ2) is 5.25. The van der Waals surface area contributed by atoms with Crippen LogP contribution in [0, 0.1) is 11.3 Å². The Morgan fingerprint density at radius 2 is 2.57 bits per heavy atom. The lowest BCUT2D eigenvalue weighted by molar-refractivity contribution is 0.0958. The van der Waals surface area contributed by atoms with E-state index in [-0.39, 0.29) is 12.5 Å². The first kappa shape index (κ1) is 10.5. The summed E-state index contributed by atoms with van der Waals surface area (Å²) in [4.78, 5) is 15.4. The summed E-state index contributed by atoms with van der Waals surface area (Å²) >= 11 is 1.47. The lowest BCUT2D eigenvalue weighted by Crippen LogP contribution is -2.23. The molecule has 1 N–H and O–H groups in total. The molecule has 0 unspecified atom stereocenters. The van der Waals surface area contributed by atoms with Gasteiger partial charge in [0.05, 0.1) is 11.1 Å². The molecule has 0 bridgehead atoms. The zero-order valence-corrected chi connectivity index (χ0v) is 8.47. The minimum Gasteiger partial charge on any atom is -0.339 e. The van der Waals surface area contributed by atoms with E-state index in [2.05, 4.69) is 10.3 Å². The van der Waals surface area contributed by atoms with Crippen LogP contribution in [0.5, 0.6) is 0 Å². The molecule has 0 radical (unpaired) electrons. The first-order valence-corrected chi connectivity index (χ1v) is 5.15. The van der Waals surface area contributed by atoms with Gasteiger partial charge < -0.3 is 5.32 Å². The van der Waals surface area contributed by atoms with Crippen LogP contribution in [0.1, 0.15) is 10.4 Å². The predicted molar refractivity (Wildman–Crippen MR) is 54.0 cm³/mol. The van der Waals surface area contributed by atoms with Crippen molar-refractivity contribution in [3.63, 3.8) is 0 Å². The van der Waals surface area contributed by atoms with Crippen LogP contribution in [-0.2, 0) is 0 Å². The topological polar surface area (TPSA) is 65.8 Å². The average molecular weight is 207 g/mol. The average Bonchev–Trinajstić information content (AvgIpc) is 2.26. The van der Waals surface area contributed by atoms with Crippen molar-refractivity contribution in [3.8, 4) is 6.07 Å². The van der Waals surface area contributed by atoms with E-state index in [1.807, 2.05) is 12.3 Å². The van der Waals surface area contributed by atoms with Crippen molar-refractivity contribution in [2.75, 3.05) is 12.8 Å². The first-order valence-electron chi connectivity index (χ1n) is 3.93. The van der Waals surface area contributed by atoms with E-state index < -0.39 is 0 Å². The van der Waals surface area contributed by atoms with Gasteiger partial charge in [0.25, 0.3) is 5.91 Å². The Morgan fingerprint density at radius 1 is 1.79 bits per heavy atom. The fourth-order valence-electron chi connectivity index (χ4n) is 0.884. The van der Waals surface area contributed by atoms with E-state index in [0.29, 0.717) is 5.56 Å². The Balaban J connectivity index is 2.75. The van der Waals surface area contributed by atoms with Crippen LogP contribution in [0.15, 0.2) is 23.4 Å². The molecule has 0 aliphatic carbocycles. The largest absolute Gasteiger partial charge is 0.339 e. The third-order valence-corrected chi connectivity index (χ3v) is 2.18. The minimum absolute atomic E-state index is 0.0236. The lowest BCUT2D eigenvalue weighted by Gasteiger charge is -2.01. The van der Waals surface area contributed by atoms with Crippen LogP contribution in [0.3, 0.4) is 0 Å². The van der Waals surface area contributed by atoms with E-state index in [4.69, 9.17) is 5.26 Å². The Kier molecular flexibility index (Phi) is 3.95. The number of pyridine rings is 1. The maximum absolute atomic E-state index is 11.4. The molecule has 0 saturated carbocycles. The van der Waals surface area contributed by atoms with Crippen molar-refractivity contribution in [1.29, 1.82) is 5.26 Å². The summed E-state index contributed by atoms with van der Waals surface area (Å²) in [6, 6.07) is 5.15. The number of hydrogen-bond donors (Lipinski definition) is 1. The van der Waals surface area contributed by atoms with Gasteiger partial charge in [0.15, 0.2) is 0 Å². The zero-order chi connectivity index (χ0) is 10.4. The van der Waals surface area contributed by atoms with Gasteiger partial charge >= 0.3 is 0 Å². The monoisotopic (exact) mass is 207 g/mol. The number of hydrogen-bond acceptors (Lipinski definition) is 4. The molecule has 1 aromatic rings. The first-order chi connectivity index (χ1) is 6.77. The van der Waals surface area contributed by atoms with Crippen LogP contribution in [-0.4, -0.2) is 23.7 Å². The molecule has 0 aromatic carbocycles. The highest BCUT2D eigenvalue weighted by Crippen LogP contribution is 2.12. The summed E-state index contributed by atoms with van der Waals surface area (Å²) in [5.74, 6) is -0.246. The summed E-state index contributed by atoms with van der Waals surface area (Å²) < 4.78 is 0. The predicted octanol–water partition coefficient (Wildman–Crippen LogP) is 1.06. The molecule has 0 aliphatic heterocycles. The molecular weight excluding hydrogens is 198 g/mol. The van der Waals surface area contributed by atoms with Crippen molar-refractivity contribution in [2.45, 2.75) is 5.03 Å². The summed E-state index contributed by atoms with van der Waals surface area (Å²) in [5, 5.41) is 11.5. The fraction of sp³-hybridized carbons (Fsp3) is 0.222. The smallest absolute Gasteiger partial charge is 0.252 e. The van der Waals surface area contributed by atoms with Crippen molar-refractivity contribution >= 4 is 17.7 Å². The summed E-state index contributed by atoms with van der Waals surface area (Å²) in [6.45, 7) is 0.0236. The van der Waals surface area contributed by atoms with Crippen molar-refractivity contribution in [3.05, 3.63) is 23.9 Å². The standard InChI is InChI=1S/C9H9N3OS/c1-14-8-6-7(2-4-11-8)9(13)12-5-3-10/h2,4,6H,5H2,1H3,(H,12,13). The second-order valence-electron chi connectivity index (χ2n) is 2.43. The summed E-state index contributed by atoms with van der Waals surface area (Å²) in [7, 11) is 0. The number of nitrogens with one attached hydrogen (secondary N) is 1. The van der Waals surface area contributed by atoms with Gasteiger partial charge in [-0.1, -0.05) is 0 Å². The molecule has 0 atom stereocenters. The molecule has 1 amide bonds. The summed E-state index contributed by atoms with van der Waals surface area (Å²) in [6.07, 6.45) is 3.46. The molecule has 72 valence electrons. The van der Waals surface area contributed by atoms with Crippen LogP contribution < -0.4 is 5.32 Å². The van der Waals surface area contributed by atoms with E-state index in [1.165, 1.54) is 11.8 Å². The van der Waals surface area contributed by atoms with Gasteiger partial charge in [-0.15, -0.1) is 11.8 Å². The molecule has 14 heavy (non-hydrogen) atoms. The summed E-state index contributed by atoms with van der Waals surface area (Å²) in [5.41, 5.74) is 0.527. The molecule has 0 spiro atoms. The number of rotatable bonds is 3. The zero-order valence-electron chi connectivity index (χ0n) is 7.65. The van der Waals surface area contributed by atoms with Crippen LogP contribution in [0.4, 0.5) is 0 Å². The molecule has 4 nitrogen and oxygen atoms in total. The van der Waals surface area contributed by atoms with E-state index >= 15 is 0 Å². The minimum atomic E-state index is -0.246. The number of nitrogens with zero attached hydrogens (tertiary/aromatic N) is 2. The molecule has 5 heteroatoms. The molecule has 0 saturated heterocycles. The van der Waals surface area contributed by atoms with Gasteiger partial charge in [-0.25, -0.2) is 4.98 Å². The number of carbonyl (C=O) groups excluding carboxylic acids is 1. The Morgan fingerprint density at radius 3 is 3.21 bits per heavy atom. The Labute approximate surface area is 86.3 Å². The van der Waals surface area contributed by atoms with Gasteiger partial charge in [0, 0.05) is 11.8 Å². The van der Waals surface area contributed by atoms with Crippen molar-refractivity contribution in [1.82, 2.24) is 10.3 Å². The van der Waals surface area contributed by atoms with Gasteiger partial charge in [0.2, 0.25) is 0 Å². The third-order valence-electron chi connectivity index (χ3n) is 1.53. The molecule has 0 fully saturated rings. The normalized spacial score (nSPS) is 9.14. The third kappa shape index (κ3) is 2.75. The Hall–Kier alpha value is -1.54. The van der Waals surface area contributed by atoms with Gasteiger partial charge in [-0.2, -0.15) is 5.26 Å². The quantitative estimate of drug-likeness (QED) is 0.594.